The second-order valence-corrected chi connectivity index (χ2v) is 6.14. The van der Waals surface area contributed by atoms with E-state index >= 15 is 0 Å². The first-order chi connectivity index (χ1) is 9.63. The maximum absolute atomic E-state index is 10.9. The second-order valence-electron chi connectivity index (χ2n) is 5.00. The van der Waals surface area contributed by atoms with Crippen LogP contribution in [0.15, 0.2) is 18.2 Å². The smallest absolute Gasteiger partial charge is 0.311 e. The lowest BCUT2D eigenvalue weighted by molar-refractivity contribution is -0.385. The van der Waals surface area contributed by atoms with Gasteiger partial charge in [0, 0.05) is 29.1 Å². The van der Waals surface area contributed by atoms with E-state index in [2.05, 4.69) is 11.6 Å². The van der Waals surface area contributed by atoms with Gasteiger partial charge in [-0.05, 0) is 38.0 Å². The molecule has 1 fully saturated rings. The zero-order valence-corrected chi connectivity index (χ0v) is 12.6. The average molecular weight is 296 g/mol. The van der Waals surface area contributed by atoms with E-state index in [4.69, 9.17) is 4.74 Å². The Morgan fingerprint density at radius 1 is 1.35 bits per heavy atom. The highest BCUT2D eigenvalue weighted by Gasteiger charge is 2.21. The van der Waals surface area contributed by atoms with Crippen molar-refractivity contribution in [3.8, 4) is 5.75 Å². The van der Waals surface area contributed by atoms with Gasteiger partial charge in [0.05, 0.1) is 12.0 Å². The van der Waals surface area contributed by atoms with Gasteiger partial charge in [-0.25, -0.2) is 0 Å². The standard InChI is InChI=1S/C14H20N2O3S/c1-19-14-9-11(5-8-13(14)16(17)18)15-10-3-6-12(20-2)7-4-10/h5,8-10,12,15H,3-4,6-7H2,1-2H3. The molecule has 1 aliphatic carbocycles. The summed E-state index contributed by atoms with van der Waals surface area (Å²) in [6.45, 7) is 0. The first kappa shape index (κ1) is 15.0. The van der Waals surface area contributed by atoms with Gasteiger partial charge in [0.15, 0.2) is 5.75 Å². The van der Waals surface area contributed by atoms with Crippen LogP contribution in [0.5, 0.6) is 5.75 Å². The predicted octanol–water partition coefficient (Wildman–Crippen LogP) is 3.69. The van der Waals surface area contributed by atoms with Crippen LogP contribution in [0.3, 0.4) is 0 Å². The van der Waals surface area contributed by atoms with E-state index in [1.54, 1.807) is 12.1 Å². The normalized spacial score (nSPS) is 22.3. The third-order valence-electron chi connectivity index (χ3n) is 3.75. The molecule has 2 rings (SSSR count). The van der Waals surface area contributed by atoms with E-state index in [1.807, 2.05) is 11.8 Å². The predicted molar refractivity (Wildman–Crippen MR) is 82.8 cm³/mol. The van der Waals surface area contributed by atoms with Crippen molar-refractivity contribution < 1.29 is 9.66 Å². The summed E-state index contributed by atoms with van der Waals surface area (Å²) in [4.78, 5) is 10.4. The maximum Gasteiger partial charge on any atom is 0.311 e. The van der Waals surface area contributed by atoms with Gasteiger partial charge in [0.25, 0.3) is 0 Å². The van der Waals surface area contributed by atoms with Crippen molar-refractivity contribution in [2.75, 3.05) is 18.7 Å². The monoisotopic (exact) mass is 296 g/mol. The highest BCUT2D eigenvalue weighted by Crippen LogP contribution is 2.32. The molecule has 20 heavy (non-hydrogen) atoms. The van der Waals surface area contributed by atoms with Crippen LogP contribution in [-0.4, -0.2) is 29.6 Å². The molecule has 110 valence electrons. The van der Waals surface area contributed by atoms with Gasteiger partial charge in [-0.1, -0.05) is 0 Å². The first-order valence-corrected chi connectivity index (χ1v) is 8.04. The van der Waals surface area contributed by atoms with Gasteiger partial charge in [0.1, 0.15) is 0 Å². The molecule has 0 saturated heterocycles. The van der Waals surface area contributed by atoms with Crippen molar-refractivity contribution in [2.45, 2.75) is 37.0 Å². The summed E-state index contributed by atoms with van der Waals surface area (Å²) in [5.41, 5.74) is 0.893. The molecule has 0 amide bonds. The molecule has 0 aromatic heterocycles. The van der Waals surface area contributed by atoms with Crippen molar-refractivity contribution >= 4 is 23.1 Å². The number of hydrogen-bond donors (Lipinski definition) is 1. The van der Waals surface area contributed by atoms with Crippen LogP contribution in [0, 0.1) is 10.1 Å². The van der Waals surface area contributed by atoms with Crippen LogP contribution in [0.25, 0.3) is 0 Å². The summed E-state index contributed by atoms with van der Waals surface area (Å²) >= 11 is 1.94. The number of nitrogens with one attached hydrogen (secondary N) is 1. The number of nitrogens with zero attached hydrogens (tertiary/aromatic N) is 1. The highest BCUT2D eigenvalue weighted by atomic mass is 32.2. The van der Waals surface area contributed by atoms with E-state index in [1.165, 1.54) is 26.0 Å². The minimum Gasteiger partial charge on any atom is -0.490 e. The summed E-state index contributed by atoms with van der Waals surface area (Å²) in [5, 5.41) is 15.1. The lowest BCUT2D eigenvalue weighted by atomic mass is 9.95. The number of hydrogen-bond acceptors (Lipinski definition) is 5. The third-order valence-corrected chi connectivity index (χ3v) is 4.89. The summed E-state index contributed by atoms with van der Waals surface area (Å²) < 4.78 is 5.09. The van der Waals surface area contributed by atoms with Crippen LogP contribution < -0.4 is 10.1 Å². The summed E-state index contributed by atoms with van der Waals surface area (Å²) in [6.07, 6.45) is 6.90. The SMILES string of the molecule is COc1cc(NC2CCC(SC)CC2)ccc1[N+](=O)[O-]. The Morgan fingerprint density at radius 3 is 2.60 bits per heavy atom. The number of methoxy groups -OCH3 is 1. The fourth-order valence-electron chi connectivity index (χ4n) is 2.60. The number of benzene rings is 1. The molecule has 0 atom stereocenters. The molecule has 0 unspecified atom stereocenters. The molecule has 0 heterocycles. The molecule has 1 aromatic rings. The molecule has 0 spiro atoms. The van der Waals surface area contributed by atoms with E-state index < -0.39 is 4.92 Å². The fraction of sp³-hybridized carbons (Fsp3) is 0.571. The molecule has 1 aliphatic rings. The van der Waals surface area contributed by atoms with Crippen LogP contribution in [-0.2, 0) is 0 Å². The van der Waals surface area contributed by atoms with Crippen LogP contribution in [0.1, 0.15) is 25.7 Å². The molecule has 1 saturated carbocycles. The lowest BCUT2D eigenvalue weighted by Gasteiger charge is -2.28. The maximum atomic E-state index is 10.9. The summed E-state index contributed by atoms with van der Waals surface area (Å²) in [6, 6.07) is 5.40. The Bertz CT molecular complexity index is 473. The topological polar surface area (TPSA) is 64.4 Å². The minimum absolute atomic E-state index is 0.00383. The number of rotatable bonds is 5. The number of nitro benzene ring substituents is 1. The van der Waals surface area contributed by atoms with Crippen molar-refractivity contribution in [1.29, 1.82) is 0 Å². The van der Waals surface area contributed by atoms with Crippen molar-refractivity contribution in [3.05, 3.63) is 28.3 Å². The van der Waals surface area contributed by atoms with Crippen LogP contribution in [0.2, 0.25) is 0 Å². The van der Waals surface area contributed by atoms with E-state index in [9.17, 15) is 10.1 Å². The van der Waals surface area contributed by atoms with Crippen molar-refractivity contribution in [2.24, 2.45) is 0 Å². The fourth-order valence-corrected chi connectivity index (χ4v) is 3.34. The molecule has 0 aliphatic heterocycles. The van der Waals surface area contributed by atoms with E-state index in [-0.39, 0.29) is 5.69 Å². The summed E-state index contributed by atoms with van der Waals surface area (Å²) in [7, 11) is 1.45. The van der Waals surface area contributed by atoms with E-state index in [0.29, 0.717) is 11.8 Å². The van der Waals surface area contributed by atoms with Gasteiger partial charge in [-0.3, -0.25) is 10.1 Å². The first-order valence-electron chi connectivity index (χ1n) is 6.75. The molecule has 1 N–H and O–H groups in total. The largest absolute Gasteiger partial charge is 0.490 e. The molecule has 6 heteroatoms. The minimum atomic E-state index is -0.424. The molecule has 0 bridgehead atoms. The summed E-state index contributed by atoms with van der Waals surface area (Å²) in [5.74, 6) is 0.304. The molecular weight excluding hydrogens is 276 g/mol. The third kappa shape index (κ3) is 3.56. The van der Waals surface area contributed by atoms with Gasteiger partial charge in [0.2, 0.25) is 0 Å². The molecule has 1 aromatic carbocycles. The van der Waals surface area contributed by atoms with Gasteiger partial charge >= 0.3 is 5.69 Å². The molecule has 5 nitrogen and oxygen atoms in total. The van der Waals surface area contributed by atoms with Crippen LogP contribution >= 0.6 is 11.8 Å². The average Bonchev–Trinajstić information content (AvgIpc) is 2.47. The zero-order valence-electron chi connectivity index (χ0n) is 11.8. The van der Waals surface area contributed by atoms with Gasteiger partial charge < -0.3 is 10.1 Å². The Labute approximate surface area is 123 Å². The highest BCUT2D eigenvalue weighted by molar-refractivity contribution is 7.99. The number of ether oxygens (including phenoxy) is 1. The number of nitro groups is 1. The van der Waals surface area contributed by atoms with Gasteiger partial charge in [-0.15, -0.1) is 0 Å². The Hall–Kier alpha value is -1.43. The second kappa shape index (κ2) is 6.83. The molecule has 0 radical (unpaired) electrons. The quantitative estimate of drug-likeness (QED) is 0.663. The van der Waals surface area contributed by atoms with Crippen molar-refractivity contribution in [3.63, 3.8) is 0 Å². The zero-order chi connectivity index (χ0) is 14.5. The Morgan fingerprint density at radius 2 is 2.05 bits per heavy atom. The Kier molecular flexibility index (Phi) is 5.11. The van der Waals surface area contributed by atoms with Gasteiger partial charge in [-0.2, -0.15) is 11.8 Å². The molecular formula is C14H20N2O3S. The van der Waals surface area contributed by atoms with E-state index in [0.717, 1.165) is 23.8 Å². The number of thioether (sulfide) groups is 1. The van der Waals surface area contributed by atoms with Crippen LogP contribution in [0.4, 0.5) is 11.4 Å². The van der Waals surface area contributed by atoms with Crippen molar-refractivity contribution in [1.82, 2.24) is 0 Å². The lowest BCUT2D eigenvalue weighted by Crippen LogP contribution is -2.27. The Balaban J connectivity index is 2.01. The number of anilines is 1.